The number of nitrogens with zero attached hydrogens (tertiary/aromatic N) is 3. The number of fused-ring (bicyclic) bond motifs is 2. The Morgan fingerprint density at radius 3 is 2.48 bits per heavy atom. The summed E-state index contributed by atoms with van der Waals surface area (Å²) >= 11 is 1.64. The van der Waals surface area contributed by atoms with Crippen molar-refractivity contribution >= 4 is 33.4 Å². The van der Waals surface area contributed by atoms with Crippen LogP contribution in [0, 0.1) is 0 Å². The highest BCUT2D eigenvalue weighted by atomic mass is 32.1. The molecule has 1 unspecified atom stereocenters. The van der Waals surface area contributed by atoms with Crippen molar-refractivity contribution in [1.29, 1.82) is 0 Å². The van der Waals surface area contributed by atoms with Gasteiger partial charge in [0.25, 0.3) is 5.91 Å². The molecule has 8 heteroatoms. The molecule has 3 aromatic rings. The van der Waals surface area contributed by atoms with E-state index in [1.807, 2.05) is 47.4 Å². The Balaban J connectivity index is 1.11. The van der Waals surface area contributed by atoms with E-state index in [1.54, 1.807) is 22.3 Å². The first-order valence-electron chi connectivity index (χ1n) is 10.5. The molecule has 0 aliphatic carbocycles. The monoisotopic (exact) mass is 437 g/mol. The van der Waals surface area contributed by atoms with Gasteiger partial charge in [0.2, 0.25) is 12.0 Å². The molecule has 1 saturated heterocycles. The van der Waals surface area contributed by atoms with Gasteiger partial charge >= 0.3 is 0 Å². The molecule has 1 aromatic heterocycles. The first kappa shape index (κ1) is 19.8. The number of thiazole rings is 1. The van der Waals surface area contributed by atoms with Gasteiger partial charge in [0.05, 0.1) is 15.2 Å². The van der Waals surface area contributed by atoms with Gasteiger partial charge in [0, 0.05) is 39.0 Å². The molecule has 7 nitrogen and oxygen atoms in total. The highest BCUT2D eigenvalue weighted by Gasteiger charge is 2.33. The molecule has 0 bridgehead atoms. The van der Waals surface area contributed by atoms with E-state index in [0.29, 0.717) is 50.5 Å². The highest BCUT2D eigenvalue weighted by Crippen LogP contribution is 2.31. The van der Waals surface area contributed by atoms with E-state index in [1.165, 1.54) is 0 Å². The third-order valence-electron chi connectivity index (χ3n) is 5.62. The minimum atomic E-state index is -0.642. The van der Waals surface area contributed by atoms with E-state index in [4.69, 9.17) is 9.47 Å². The van der Waals surface area contributed by atoms with Crippen molar-refractivity contribution in [2.75, 3.05) is 32.8 Å². The Kier molecular flexibility index (Phi) is 5.46. The van der Waals surface area contributed by atoms with Gasteiger partial charge in [-0.1, -0.05) is 24.3 Å². The molecule has 2 aliphatic rings. The maximum Gasteiger partial charge on any atom is 0.267 e. The first-order chi connectivity index (χ1) is 15.2. The highest BCUT2D eigenvalue weighted by molar-refractivity contribution is 7.18. The number of hydrogen-bond donors (Lipinski definition) is 0. The zero-order valence-electron chi connectivity index (χ0n) is 17.0. The van der Waals surface area contributed by atoms with Crippen LogP contribution in [0.1, 0.15) is 11.4 Å². The smallest absolute Gasteiger partial charge is 0.267 e. The van der Waals surface area contributed by atoms with Gasteiger partial charge in [-0.2, -0.15) is 0 Å². The van der Waals surface area contributed by atoms with Crippen molar-refractivity contribution in [3.63, 3.8) is 0 Å². The number of piperazine rings is 1. The lowest BCUT2D eigenvalue weighted by Gasteiger charge is -2.37. The van der Waals surface area contributed by atoms with E-state index in [2.05, 4.69) is 4.98 Å². The van der Waals surface area contributed by atoms with E-state index < -0.39 is 6.10 Å². The minimum Gasteiger partial charge on any atom is -0.485 e. The van der Waals surface area contributed by atoms with Crippen molar-refractivity contribution in [2.24, 2.45) is 0 Å². The summed E-state index contributed by atoms with van der Waals surface area (Å²) in [5.74, 6) is 1.28. The third kappa shape index (κ3) is 4.20. The Labute approximate surface area is 184 Å². The summed E-state index contributed by atoms with van der Waals surface area (Å²) in [6.45, 7) is 2.29. The SMILES string of the molecule is O=C(CCc1nc2ccccc2s1)N1CCN(C(=O)C2COc3ccccc3O2)CC1. The van der Waals surface area contributed by atoms with E-state index >= 15 is 0 Å². The second-order valence-corrected chi connectivity index (χ2v) is 8.76. The van der Waals surface area contributed by atoms with Gasteiger partial charge in [0.1, 0.15) is 6.61 Å². The predicted molar refractivity (Wildman–Crippen MR) is 117 cm³/mol. The number of hydrogen-bond acceptors (Lipinski definition) is 6. The summed E-state index contributed by atoms with van der Waals surface area (Å²) in [5, 5.41) is 0.984. The average molecular weight is 438 g/mol. The number of aryl methyl sites for hydroxylation is 1. The zero-order valence-corrected chi connectivity index (χ0v) is 17.8. The van der Waals surface area contributed by atoms with E-state index in [0.717, 1.165) is 15.2 Å². The van der Waals surface area contributed by atoms with Gasteiger partial charge in [-0.25, -0.2) is 4.98 Å². The quantitative estimate of drug-likeness (QED) is 0.628. The molecular formula is C23H23N3O4S. The molecule has 2 amide bonds. The summed E-state index contributed by atoms with van der Waals surface area (Å²) in [7, 11) is 0. The van der Waals surface area contributed by atoms with Gasteiger partial charge < -0.3 is 19.3 Å². The van der Waals surface area contributed by atoms with Crippen LogP contribution in [-0.4, -0.2) is 65.5 Å². The Hall–Kier alpha value is -3.13. The molecule has 2 aliphatic heterocycles. The van der Waals surface area contributed by atoms with Crippen LogP contribution < -0.4 is 9.47 Å². The Morgan fingerprint density at radius 1 is 0.968 bits per heavy atom. The molecule has 0 saturated carbocycles. The second kappa shape index (κ2) is 8.55. The Morgan fingerprint density at radius 2 is 1.68 bits per heavy atom. The topological polar surface area (TPSA) is 72.0 Å². The van der Waals surface area contributed by atoms with Crippen molar-refractivity contribution < 1.29 is 19.1 Å². The van der Waals surface area contributed by atoms with Crippen molar-refractivity contribution in [3.05, 3.63) is 53.5 Å². The van der Waals surface area contributed by atoms with Crippen LogP contribution in [0.15, 0.2) is 48.5 Å². The second-order valence-electron chi connectivity index (χ2n) is 7.65. The predicted octanol–water partition coefficient (Wildman–Crippen LogP) is 2.74. The third-order valence-corrected chi connectivity index (χ3v) is 6.72. The number of amides is 2. The standard InChI is InChI=1S/C23H23N3O4S/c27-22(10-9-21-24-16-5-1-4-8-20(16)31-21)25-11-13-26(14-12-25)23(28)19-15-29-17-6-2-3-7-18(17)30-19/h1-8,19H,9-15H2. The lowest BCUT2D eigenvalue weighted by molar-refractivity contribution is -0.146. The molecule has 2 aromatic carbocycles. The summed E-state index contributed by atoms with van der Waals surface area (Å²) in [6.07, 6.45) is 0.435. The van der Waals surface area contributed by atoms with Crippen LogP contribution >= 0.6 is 11.3 Å². The number of para-hydroxylation sites is 3. The van der Waals surface area contributed by atoms with Crippen molar-refractivity contribution in [1.82, 2.24) is 14.8 Å². The minimum absolute atomic E-state index is 0.0870. The number of aromatic nitrogens is 1. The largest absolute Gasteiger partial charge is 0.485 e. The summed E-state index contributed by atoms with van der Waals surface area (Å²) < 4.78 is 12.6. The molecule has 1 fully saturated rings. The van der Waals surface area contributed by atoms with Crippen LogP contribution in [0.25, 0.3) is 10.2 Å². The van der Waals surface area contributed by atoms with Crippen LogP contribution in [0.3, 0.4) is 0 Å². The molecule has 1 atom stereocenters. The normalized spacial score (nSPS) is 18.3. The summed E-state index contributed by atoms with van der Waals surface area (Å²) in [5.41, 5.74) is 0.985. The fourth-order valence-electron chi connectivity index (χ4n) is 3.92. The number of carbonyl (C=O) groups is 2. The molecule has 0 N–H and O–H groups in total. The number of carbonyl (C=O) groups excluding carboxylic acids is 2. The maximum absolute atomic E-state index is 12.8. The van der Waals surface area contributed by atoms with Gasteiger partial charge in [-0.15, -0.1) is 11.3 Å². The number of benzene rings is 2. The molecule has 5 rings (SSSR count). The van der Waals surface area contributed by atoms with Gasteiger partial charge in [-0.3, -0.25) is 9.59 Å². The molecule has 0 radical (unpaired) electrons. The zero-order chi connectivity index (χ0) is 21.2. The van der Waals surface area contributed by atoms with Gasteiger partial charge in [-0.05, 0) is 24.3 Å². The molecule has 3 heterocycles. The van der Waals surface area contributed by atoms with E-state index in [9.17, 15) is 9.59 Å². The van der Waals surface area contributed by atoms with Crippen LogP contribution in [-0.2, 0) is 16.0 Å². The molecule has 160 valence electrons. The van der Waals surface area contributed by atoms with Gasteiger partial charge in [0.15, 0.2) is 11.5 Å². The molecular weight excluding hydrogens is 414 g/mol. The van der Waals surface area contributed by atoms with Crippen LogP contribution in [0.4, 0.5) is 0 Å². The first-order valence-corrected chi connectivity index (χ1v) is 11.3. The lowest BCUT2D eigenvalue weighted by Crippen LogP contribution is -2.55. The van der Waals surface area contributed by atoms with Crippen LogP contribution in [0.5, 0.6) is 11.5 Å². The fourth-order valence-corrected chi connectivity index (χ4v) is 4.89. The number of ether oxygens (including phenoxy) is 2. The number of rotatable bonds is 4. The maximum atomic E-state index is 12.8. The van der Waals surface area contributed by atoms with E-state index in [-0.39, 0.29) is 18.4 Å². The summed E-state index contributed by atoms with van der Waals surface area (Å²) in [6, 6.07) is 15.4. The average Bonchev–Trinajstić information content (AvgIpc) is 3.25. The van der Waals surface area contributed by atoms with Crippen LogP contribution in [0.2, 0.25) is 0 Å². The lowest BCUT2D eigenvalue weighted by atomic mass is 10.2. The Bertz CT molecular complexity index is 1070. The molecule has 0 spiro atoms. The van der Waals surface area contributed by atoms with Crippen molar-refractivity contribution in [2.45, 2.75) is 18.9 Å². The molecule has 31 heavy (non-hydrogen) atoms. The fraction of sp³-hybridized carbons (Fsp3) is 0.348. The summed E-state index contributed by atoms with van der Waals surface area (Å²) in [4.78, 5) is 33.7. The van der Waals surface area contributed by atoms with Crippen molar-refractivity contribution in [3.8, 4) is 11.5 Å².